The standard InChI is InChI=1S/C13H18N2O4S/c16-13(17)12-5-3-11(4-6-12)7-8-14-20(18,19)15-9-1-2-10-15/h3-6,14H,1-2,7-10H2,(H,16,17). The van der Waals surface area contributed by atoms with Crippen molar-refractivity contribution in [2.45, 2.75) is 19.3 Å². The summed E-state index contributed by atoms with van der Waals surface area (Å²) >= 11 is 0. The molecule has 0 amide bonds. The highest BCUT2D eigenvalue weighted by Gasteiger charge is 2.24. The Morgan fingerprint density at radius 2 is 1.80 bits per heavy atom. The summed E-state index contributed by atoms with van der Waals surface area (Å²) < 4.78 is 27.8. The summed E-state index contributed by atoms with van der Waals surface area (Å²) in [4.78, 5) is 10.7. The summed E-state index contributed by atoms with van der Waals surface area (Å²) in [7, 11) is -3.36. The second kappa shape index (κ2) is 6.34. The molecule has 1 aliphatic heterocycles. The van der Waals surface area contributed by atoms with Gasteiger partial charge in [0.25, 0.3) is 10.2 Å². The maximum Gasteiger partial charge on any atom is 0.335 e. The molecule has 1 aromatic rings. The van der Waals surface area contributed by atoms with Crippen molar-refractivity contribution in [1.82, 2.24) is 9.03 Å². The lowest BCUT2D eigenvalue weighted by Gasteiger charge is -2.15. The van der Waals surface area contributed by atoms with Gasteiger partial charge in [0.2, 0.25) is 0 Å². The zero-order valence-electron chi connectivity index (χ0n) is 11.1. The molecular weight excluding hydrogens is 280 g/mol. The molecule has 1 fully saturated rings. The lowest BCUT2D eigenvalue weighted by Crippen LogP contribution is -2.39. The van der Waals surface area contributed by atoms with Crippen molar-refractivity contribution in [3.05, 3.63) is 35.4 Å². The molecule has 2 rings (SSSR count). The molecule has 0 radical (unpaired) electrons. The molecule has 0 aromatic heterocycles. The third-order valence-electron chi connectivity index (χ3n) is 3.30. The number of hydrogen-bond acceptors (Lipinski definition) is 3. The van der Waals surface area contributed by atoms with Crippen molar-refractivity contribution in [2.75, 3.05) is 19.6 Å². The Morgan fingerprint density at radius 3 is 2.35 bits per heavy atom. The van der Waals surface area contributed by atoms with E-state index in [1.54, 1.807) is 12.1 Å². The van der Waals surface area contributed by atoms with Crippen LogP contribution in [0.1, 0.15) is 28.8 Å². The minimum absolute atomic E-state index is 0.228. The van der Waals surface area contributed by atoms with Crippen LogP contribution in [0, 0.1) is 0 Å². The highest BCUT2D eigenvalue weighted by molar-refractivity contribution is 7.87. The van der Waals surface area contributed by atoms with Crippen LogP contribution in [0.25, 0.3) is 0 Å². The molecular formula is C13H18N2O4S. The van der Waals surface area contributed by atoms with Crippen molar-refractivity contribution < 1.29 is 18.3 Å². The van der Waals surface area contributed by atoms with Crippen molar-refractivity contribution in [1.29, 1.82) is 0 Å². The van der Waals surface area contributed by atoms with E-state index in [1.807, 2.05) is 0 Å². The van der Waals surface area contributed by atoms with Gasteiger partial charge in [-0.15, -0.1) is 0 Å². The van der Waals surface area contributed by atoms with E-state index in [-0.39, 0.29) is 5.56 Å². The highest BCUT2D eigenvalue weighted by atomic mass is 32.2. The van der Waals surface area contributed by atoms with E-state index >= 15 is 0 Å². The molecule has 0 unspecified atom stereocenters. The molecule has 20 heavy (non-hydrogen) atoms. The van der Waals surface area contributed by atoms with E-state index in [1.165, 1.54) is 16.4 Å². The predicted octanol–water partition coefficient (Wildman–Crippen LogP) is 0.857. The van der Waals surface area contributed by atoms with E-state index in [4.69, 9.17) is 5.11 Å². The maximum atomic E-state index is 11.9. The van der Waals surface area contributed by atoms with Gasteiger partial charge < -0.3 is 5.11 Å². The van der Waals surface area contributed by atoms with Gasteiger partial charge in [-0.25, -0.2) is 9.52 Å². The fraction of sp³-hybridized carbons (Fsp3) is 0.462. The quantitative estimate of drug-likeness (QED) is 0.815. The molecule has 0 saturated carbocycles. The van der Waals surface area contributed by atoms with Gasteiger partial charge in [0.05, 0.1) is 5.56 Å². The predicted molar refractivity (Wildman–Crippen MR) is 74.8 cm³/mol. The van der Waals surface area contributed by atoms with Crippen molar-refractivity contribution in [2.24, 2.45) is 0 Å². The second-order valence-corrected chi connectivity index (χ2v) is 6.51. The van der Waals surface area contributed by atoms with Crippen molar-refractivity contribution >= 4 is 16.2 Å². The van der Waals surface area contributed by atoms with Crippen LogP contribution in [0.3, 0.4) is 0 Å². The van der Waals surface area contributed by atoms with Gasteiger partial charge in [-0.3, -0.25) is 0 Å². The van der Waals surface area contributed by atoms with Crippen LogP contribution in [-0.2, 0) is 16.6 Å². The largest absolute Gasteiger partial charge is 0.478 e. The number of hydrogen-bond donors (Lipinski definition) is 2. The minimum atomic E-state index is -3.36. The fourth-order valence-electron chi connectivity index (χ4n) is 2.16. The Morgan fingerprint density at radius 1 is 1.20 bits per heavy atom. The van der Waals surface area contributed by atoms with Gasteiger partial charge in [0.1, 0.15) is 0 Å². The molecule has 2 N–H and O–H groups in total. The van der Waals surface area contributed by atoms with Crippen LogP contribution in [0.4, 0.5) is 0 Å². The number of carboxylic acids is 1. The topological polar surface area (TPSA) is 86.7 Å². The summed E-state index contributed by atoms with van der Waals surface area (Å²) in [5.74, 6) is -0.966. The lowest BCUT2D eigenvalue weighted by atomic mass is 10.1. The minimum Gasteiger partial charge on any atom is -0.478 e. The van der Waals surface area contributed by atoms with Gasteiger partial charge in [0.15, 0.2) is 0 Å². The average Bonchev–Trinajstić information content (AvgIpc) is 2.94. The number of carbonyl (C=O) groups is 1. The third-order valence-corrected chi connectivity index (χ3v) is 4.92. The molecule has 0 atom stereocenters. The van der Waals surface area contributed by atoms with Gasteiger partial charge in [-0.1, -0.05) is 12.1 Å². The molecule has 1 heterocycles. The Bertz CT molecular complexity index is 563. The Balaban J connectivity index is 1.84. The molecule has 6 nitrogen and oxygen atoms in total. The molecule has 1 aliphatic rings. The number of rotatable bonds is 6. The fourth-order valence-corrected chi connectivity index (χ4v) is 3.44. The smallest absolute Gasteiger partial charge is 0.335 e. The van der Waals surface area contributed by atoms with E-state index in [2.05, 4.69) is 4.72 Å². The van der Waals surface area contributed by atoms with E-state index in [0.29, 0.717) is 26.1 Å². The first-order valence-electron chi connectivity index (χ1n) is 6.56. The average molecular weight is 298 g/mol. The summed E-state index contributed by atoms with van der Waals surface area (Å²) in [5, 5.41) is 8.78. The summed E-state index contributed by atoms with van der Waals surface area (Å²) in [6, 6.07) is 6.44. The monoisotopic (exact) mass is 298 g/mol. The molecule has 0 spiro atoms. The summed E-state index contributed by atoms with van der Waals surface area (Å²) in [6.45, 7) is 1.48. The Kier molecular flexibility index (Phi) is 4.74. The van der Waals surface area contributed by atoms with E-state index < -0.39 is 16.2 Å². The first kappa shape index (κ1) is 15.0. The zero-order chi connectivity index (χ0) is 14.6. The number of nitrogens with zero attached hydrogens (tertiary/aromatic N) is 1. The number of carboxylic acid groups (broad SMARTS) is 1. The molecule has 0 aliphatic carbocycles. The molecule has 7 heteroatoms. The highest BCUT2D eigenvalue weighted by Crippen LogP contribution is 2.11. The van der Waals surface area contributed by atoms with Crippen LogP contribution < -0.4 is 4.72 Å². The zero-order valence-corrected chi connectivity index (χ0v) is 11.9. The van der Waals surface area contributed by atoms with Crippen LogP contribution in [0.5, 0.6) is 0 Å². The van der Waals surface area contributed by atoms with Gasteiger partial charge in [-0.2, -0.15) is 12.7 Å². The number of aromatic carboxylic acids is 1. The van der Waals surface area contributed by atoms with Crippen LogP contribution in [0.2, 0.25) is 0 Å². The normalized spacial score (nSPS) is 16.4. The number of nitrogens with one attached hydrogen (secondary N) is 1. The molecule has 0 bridgehead atoms. The molecule has 1 saturated heterocycles. The lowest BCUT2D eigenvalue weighted by molar-refractivity contribution is 0.0697. The Hall–Kier alpha value is -1.44. The molecule has 110 valence electrons. The van der Waals surface area contributed by atoms with Crippen molar-refractivity contribution in [3.8, 4) is 0 Å². The third kappa shape index (κ3) is 3.78. The first-order valence-corrected chi connectivity index (χ1v) is 8.00. The number of benzene rings is 1. The summed E-state index contributed by atoms with van der Waals surface area (Å²) in [6.07, 6.45) is 2.36. The molecule has 1 aromatic carbocycles. The van der Waals surface area contributed by atoms with Gasteiger partial charge in [-0.05, 0) is 37.0 Å². The van der Waals surface area contributed by atoms with Gasteiger partial charge in [0, 0.05) is 19.6 Å². The Labute approximate surface area is 118 Å². The van der Waals surface area contributed by atoms with Crippen molar-refractivity contribution in [3.63, 3.8) is 0 Å². The van der Waals surface area contributed by atoms with Crippen LogP contribution >= 0.6 is 0 Å². The van der Waals surface area contributed by atoms with Crippen LogP contribution in [0.15, 0.2) is 24.3 Å². The van der Waals surface area contributed by atoms with E-state index in [0.717, 1.165) is 18.4 Å². The maximum absolute atomic E-state index is 11.9. The first-order chi connectivity index (χ1) is 9.49. The second-order valence-electron chi connectivity index (χ2n) is 4.76. The van der Waals surface area contributed by atoms with Gasteiger partial charge >= 0.3 is 5.97 Å². The van der Waals surface area contributed by atoms with Crippen LogP contribution in [-0.4, -0.2) is 43.4 Å². The SMILES string of the molecule is O=C(O)c1ccc(CCNS(=O)(=O)N2CCCC2)cc1. The van der Waals surface area contributed by atoms with E-state index in [9.17, 15) is 13.2 Å². The summed E-state index contributed by atoms with van der Waals surface area (Å²) in [5.41, 5.74) is 1.13.